The van der Waals surface area contributed by atoms with Crippen LogP contribution in [0.15, 0.2) is 42.5 Å². The van der Waals surface area contributed by atoms with E-state index < -0.39 is 0 Å². The lowest BCUT2D eigenvalue weighted by molar-refractivity contribution is -0.115. The summed E-state index contributed by atoms with van der Waals surface area (Å²) in [4.78, 5) is 23.4. The number of anilines is 3. The van der Waals surface area contributed by atoms with Gasteiger partial charge in [-0.2, -0.15) is 0 Å². The molecule has 0 aliphatic carbocycles. The summed E-state index contributed by atoms with van der Waals surface area (Å²) in [5.74, 6) is 0.314. The van der Waals surface area contributed by atoms with E-state index in [0.29, 0.717) is 22.8 Å². The number of rotatable bonds is 6. The summed E-state index contributed by atoms with van der Waals surface area (Å²) in [5.41, 5.74) is 3.03. The van der Waals surface area contributed by atoms with Gasteiger partial charge in [-0.15, -0.1) is 0 Å². The molecule has 0 aliphatic rings. The molecule has 2 aromatic rings. The number of nitrogens with one attached hydrogen (secondary N) is 3. The van der Waals surface area contributed by atoms with Gasteiger partial charge in [0.2, 0.25) is 11.8 Å². The van der Waals surface area contributed by atoms with Gasteiger partial charge < -0.3 is 20.7 Å². The Bertz CT molecular complexity index is 744. The zero-order valence-electron chi connectivity index (χ0n) is 14.0. The van der Waals surface area contributed by atoms with Crippen molar-refractivity contribution in [3.8, 4) is 5.75 Å². The van der Waals surface area contributed by atoms with E-state index in [2.05, 4.69) is 16.0 Å². The molecule has 0 saturated heterocycles. The number of benzene rings is 2. The fraction of sp³-hybridized carbons (Fsp3) is 0.222. The van der Waals surface area contributed by atoms with E-state index in [9.17, 15) is 9.59 Å². The summed E-state index contributed by atoms with van der Waals surface area (Å²) < 4.78 is 5.12. The number of amides is 2. The topological polar surface area (TPSA) is 79.5 Å². The highest BCUT2D eigenvalue weighted by molar-refractivity contribution is 5.96. The Morgan fingerprint density at radius 2 is 1.83 bits per heavy atom. The van der Waals surface area contributed by atoms with Crippen LogP contribution in [0.5, 0.6) is 5.75 Å². The van der Waals surface area contributed by atoms with Crippen molar-refractivity contribution in [3.63, 3.8) is 0 Å². The molecule has 2 rings (SSSR count). The molecule has 0 bridgehead atoms. The molecule has 2 aromatic carbocycles. The molecule has 0 radical (unpaired) electrons. The van der Waals surface area contributed by atoms with E-state index in [1.807, 2.05) is 19.1 Å². The average Bonchev–Trinajstić information content (AvgIpc) is 2.55. The number of ether oxygens (including phenoxy) is 1. The first kappa shape index (κ1) is 17.3. The first-order valence-electron chi connectivity index (χ1n) is 7.54. The highest BCUT2D eigenvalue weighted by Gasteiger charge is 2.07. The van der Waals surface area contributed by atoms with E-state index in [-0.39, 0.29) is 18.4 Å². The molecule has 0 fully saturated rings. The molecule has 126 valence electrons. The lowest BCUT2D eigenvalue weighted by atomic mass is 10.2. The van der Waals surface area contributed by atoms with E-state index in [1.54, 1.807) is 37.4 Å². The molecule has 6 heteroatoms. The molecule has 0 aliphatic heterocycles. The monoisotopic (exact) mass is 327 g/mol. The van der Waals surface area contributed by atoms with Crippen LogP contribution in [0.4, 0.5) is 17.1 Å². The molecule has 3 N–H and O–H groups in total. The van der Waals surface area contributed by atoms with Gasteiger partial charge in [-0.05, 0) is 36.8 Å². The predicted octanol–water partition coefficient (Wildman–Crippen LogP) is 3.01. The van der Waals surface area contributed by atoms with Gasteiger partial charge in [0.1, 0.15) is 5.75 Å². The van der Waals surface area contributed by atoms with E-state index >= 15 is 0 Å². The summed E-state index contributed by atoms with van der Waals surface area (Å²) in [7, 11) is 1.57. The first-order valence-corrected chi connectivity index (χ1v) is 7.54. The molecule has 6 nitrogen and oxygen atoms in total. The average molecular weight is 327 g/mol. The van der Waals surface area contributed by atoms with Crippen LogP contribution in [0, 0.1) is 6.92 Å². The fourth-order valence-electron chi connectivity index (χ4n) is 2.18. The maximum Gasteiger partial charge on any atom is 0.243 e. The van der Waals surface area contributed by atoms with Gasteiger partial charge in [-0.1, -0.05) is 12.1 Å². The lowest BCUT2D eigenvalue weighted by Crippen LogP contribution is -2.22. The van der Waals surface area contributed by atoms with Crippen molar-refractivity contribution in [1.29, 1.82) is 0 Å². The minimum Gasteiger partial charge on any atom is -0.497 e. The Balaban J connectivity index is 2.00. The second-order valence-electron chi connectivity index (χ2n) is 5.36. The molecule has 0 saturated carbocycles. The van der Waals surface area contributed by atoms with Crippen molar-refractivity contribution in [2.24, 2.45) is 0 Å². The van der Waals surface area contributed by atoms with Crippen molar-refractivity contribution < 1.29 is 14.3 Å². The second-order valence-corrected chi connectivity index (χ2v) is 5.36. The van der Waals surface area contributed by atoms with Crippen molar-refractivity contribution in [1.82, 2.24) is 0 Å². The van der Waals surface area contributed by atoms with Crippen molar-refractivity contribution >= 4 is 28.9 Å². The Morgan fingerprint density at radius 3 is 2.54 bits per heavy atom. The normalized spacial score (nSPS) is 9.96. The maximum absolute atomic E-state index is 12.1. The van der Waals surface area contributed by atoms with Gasteiger partial charge in [0.15, 0.2) is 0 Å². The predicted molar refractivity (Wildman–Crippen MR) is 95.6 cm³/mol. The summed E-state index contributed by atoms with van der Waals surface area (Å²) >= 11 is 0. The van der Waals surface area contributed by atoms with Gasteiger partial charge >= 0.3 is 0 Å². The van der Waals surface area contributed by atoms with Crippen LogP contribution in [0.1, 0.15) is 12.5 Å². The molecule has 0 spiro atoms. The van der Waals surface area contributed by atoms with E-state index in [1.165, 1.54) is 6.92 Å². The van der Waals surface area contributed by atoms with E-state index in [0.717, 1.165) is 5.56 Å². The Hall–Kier alpha value is -3.02. The SMILES string of the molecule is COc1cccc(NC(=O)CNc2cc(C)ccc2NC(C)=O)c1. The van der Waals surface area contributed by atoms with Crippen molar-refractivity contribution in [2.75, 3.05) is 29.6 Å². The third-order valence-electron chi connectivity index (χ3n) is 3.28. The van der Waals surface area contributed by atoms with Crippen LogP contribution >= 0.6 is 0 Å². The van der Waals surface area contributed by atoms with Gasteiger partial charge in [-0.3, -0.25) is 9.59 Å². The van der Waals surface area contributed by atoms with Crippen molar-refractivity contribution in [2.45, 2.75) is 13.8 Å². The molecular weight excluding hydrogens is 306 g/mol. The summed E-state index contributed by atoms with van der Waals surface area (Å²) in [6, 6.07) is 12.7. The smallest absolute Gasteiger partial charge is 0.243 e. The van der Waals surface area contributed by atoms with Crippen LogP contribution in [0.3, 0.4) is 0 Å². The van der Waals surface area contributed by atoms with Crippen LogP contribution in [0.2, 0.25) is 0 Å². The second kappa shape index (κ2) is 8.01. The number of hydrogen-bond donors (Lipinski definition) is 3. The number of carbonyl (C=O) groups is 2. The summed E-state index contributed by atoms with van der Waals surface area (Å²) in [6.07, 6.45) is 0. The number of aryl methyl sites for hydroxylation is 1. The summed E-state index contributed by atoms with van der Waals surface area (Å²) in [6.45, 7) is 3.46. The quantitative estimate of drug-likeness (QED) is 0.762. The standard InChI is InChI=1S/C18H21N3O3/c1-12-7-8-16(20-13(2)22)17(9-12)19-11-18(23)21-14-5-4-6-15(10-14)24-3/h4-10,19H,11H2,1-3H3,(H,20,22)(H,21,23). The Kier molecular flexibility index (Phi) is 5.78. The highest BCUT2D eigenvalue weighted by Crippen LogP contribution is 2.23. The van der Waals surface area contributed by atoms with Crippen molar-refractivity contribution in [3.05, 3.63) is 48.0 Å². The van der Waals surface area contributed by atoms with Gasteiger partial charge in [0.05, 0.1) is 25.0 Å². The molecule has 0 unspecified atom stereocenters. The highest BCUT2D eigenvalue weighted by atomic mass is 16.5. The van der Waals surface area contributed by atoms with Crippen LogP contribution in [-0.2, 0) is 9.59 Å². The Morgan fingerprint density at radius 1 is 1.04 bits per heavy atom. The number of methoxy groups -OCH3 is 1. The van der Waals surface area contributed by atoms with Crippen LogP contribution in [-0.4, -0.2) is 25.5 Å². The molecule has 2 amide bonds. The van der Waals surface area contributed by atoms with Gasteiger partial charge in [0.25, 0.3) is 0 Å². The zero-order chi connectivity index (χ0) is 17.5. The molecule has 0 heterocycles. The maximum atomic E-state index is 12.1. The third-order valence-corrected chi connectivity index (χ3v) is 3.28. The fourth-order valence-corrected chi connectivity index (χ4v) is 2.18. The lowest BCUT2D eigenvalue weighted by Gasteiger charge is -2.13. The molecule has 0 aromatic heterocycles. The first-order chi connectivity index (χ1) is 11.5. The summed E-state index contributed by atoms with van der Waals surface area (Å²) in [5, 5.41) is 8.58. The van der Waals surface area contributed by atoms with Gasteiger partial charge in [0, 0.05) is 18.7 Å². The number of hydrogen-bond acceptors (Lipinski definition) is 4. The third kappa shape index (κ3) is 5.01. The molecule has 24 heavy (non-hydrogen) atoms. The van der Waals surface area contributed by atoms with Crippen LogP contribution in [0.25, 0.3) is 0 Å². The molecular formula is C18H21N3O3. The zero-order valence-corrected chi connectivity index (χ0v) is 14.0. The van der Waals surface area contributed by atoms with Crippen LogP contribution < -0.4 is 20.7 Å². The minimum atomic E-state index is -0.196. The molecule has 0 atom stereocenters. The number of carbonyl (C=O) groups excluding carboxylic acids is 2. The van der Waals surface area contributed by atoms with E-state index in [4.69, 9.17) is 4.74 Å². The van der Waals surface area contributed by atoms with Gasteiger partial charge in [-0.25, -0.2) is 0 Å². The largest absolute Gasteiger partial charge is 0.497 e. The minimum absolute atomic E-state index is 0.0766. The Labute approximate surface area is 141 Å².